The maximum atomic E-state index is 14.7. The number of aliphatic hydroxyl groups excluding tert-OH is 4. The predicted octanol–water partition coefficient (Wildman–Crippen LogP) is -3.66. The smallest absolute Gasteiger partial charge is 0.248 e. The summed E-state index contributed by atoms with van der Waals surface area (Å²) in [6.45, 7) is 21.8. The maximum absolute atomic E-state index is 14.7. The van der Waals surface area contributed by atoms with Crippen LogP contribution in [0, 0.1) is 29.6 Å². The highest BCUT2D eigenvalue weighted by Crippen LogP contribution is 2.23. The van der Waals surface area contributed by atoms with Crippen molar-refractivity contribution >= 4 is 82.7 Å². The van der Waals surface area contributed by atoms with Gasteiger partial charge in [-0.2, -0.15) is 0 Å². The lowest BCUT2D eigenvalue weighted by molar-refractivity contribution is -0.148. The van der Waals surface area contributed by atoms with Crippen molar-refractivity contribution in [2.45, 2.75) is 271 Å². The molecule has 95 heavy (non-hydrogen) atoms. The Bertz CT molecular complexity index is 2680. The number of hydrogen-bond acceptors (Lipinski definition) is 18. The topological polar surface area (TPSA) is 499 Å². The molecule has 17 atom stereocenters. The lowest BCUT2D eigenvalue weighted by Gasteiger charge is -2.36. The van der Waals surface area contributed by atoms with Crippen LogP contribution in [0.1, 0.15) is 174 Å². The molecule has 0 saturated carbocycles. The van der Waals surface area contributed by atoms with Crippen LogP contribution in [-0.4, -0.2) is 223 Å². The monoisotopic (exact) mass is 1350 g/mol. The second kappa shape index (κ2) is 39.5. The van der Waals surface area contributed by atoms with Gasteiger partial charge in [-0.3, -0.25) is 67.1 Å². The third-order valence-electron chi connectivity index (χ3n) is 16.9. The van der Waals surface area contributed by atoms with Crippen molar-refractivity contribution < 1.29 is 87.5 Å². The van der Waals surface area contributed by atoms with Crippen molar-refractivity contribution in [1.29, 1.82) is 0 Å². The van der Waals surface area contributed by atoms with E-state index in [1.807, 2.05) is 6.92 Å². The van der Waals surface area contributed by atoms with Gasteiger partial charge in [-0.15, -0.1) is 0 Å². The fourth-order valence-electron chi connectivity index (χ4n) is 11.1. The van der Waals surface area contributed by atoms with Crippen molar-refractivity contribution in [3.8, 4) is 0 Å². The van der Waals surface area contributed by atoms with E-state index in [1.54, 1.807) is 62.3 Å². The number of unbranched alkanes of at least 4 members (excludes halogenated alkanes) is 2. The van der Waals surface area contributed by atoms with Gasteiger partial charge in [-0.05, 0) is 88.9 Å². The molecular weight excluding hydrogens is 1240 g/mol. The number of fused-ring (bicyclic) bond motifs is 1. The minimum atomic E-state index is -2.53. The Morgan fingerprint density at radius 3 is 1.54 bits per heavy atom. The average molecular weight is 1350 g/mol. The van der Waals surface area contributed by atoms with Crippen LogP contribution < -0.4 is 64.6 Å². The minimum absolute atomic E-state index is 0.00500. The number of hydrogen-bond donors (Lipinski definition) is 16. The third kappa shape index (κ3) is 25.8. The van der Waals surface area contributed by atoms with E-state index in [2.05, 4.69) is 53.2 Å². The lowest BCUT2D eigenvalue weighted by Crippen LogP contribution is -2.65. The molecule has 32 heteroatoms. The Morgan fingerprint density at radius 2 is 1.03 bits per heavy atom. The van der Waals surface area contributed by atoms with E-state index in [-0.39, 0.29) is 56.9 Å². The molecule has 2 rings (SSSR count). The van der Waals surface area contributed by atoms with E-state index in [9.17, 15) is 87.5 Å². The van der Waals surface area contributed by atoms with Crippen LogP contribution in [0.25, 0.3) is 0 Å². The van der Waals surface area contributed by atoms with Gasteiger partial charge in [0.15, 0.2) is 6.10 Å². The van der Waals surface area contributed by atoms with Gasteiger partial charge < -0.3 is 94.9 Å². The zero-order valence-electron chi connectivity index (χ0n) is 57.9. The summed E-state index contributed by atoms with van der Waals surface area (Å²) in [5.74, 6) is -17.3. The Kier molecular flexibility index (Phi) is 34.7. The van der Waals surface area contributed by atoms with Gasteiger partial charge in [-0.25, -0.2) is 0 Å². The second-order valence-corrected chi connectivity index (χ2v) is 26.8. The van der Waals surface area contributed by atoms with Crippen LogP contribution in [0.5, 0.6) is 0 Å². The van der Waals surface area contributed by atoms with Gasteiger partial charge in [0.1, 0.15) is 66.5 Å². The van der Waals surface area contributed by atoms with Gasteiger partial charge in [0.2, 0.25) is 82.7 Å². The molecule has 14 amide bonds. The molecule has 0 radical (unpaired) electrons. The molecule has 0 aliphatic carbocycles. The number of carbonyl (C=O) groups excluding carboxylic acids is 14. The molecule has 0 aromatic heterocycles. The normalized spacial score (nSPS) is 28.1. The van der Waals surface area contributed by atoms with Crippen molar-refractivity contribution in [1.82, 2.24) is 63.0 Å². The van der Waals surface area contributed by atoms with E-state index in [1.165, 1.54) is 20.8 Å². The van der Waals surface area contributed by atoms with Gasteiger partial charge in [-0.1, -0.05) is 102 Å². The minimum Gasteiger partial charge on any atom is -0.391 e. The molecule has 2 aliphatic rings. The zero-order valence-corrected chi connectivity index (χ0v) is 57.9. The molecule has 2 aliphatic heterocycles. The maximum Gasteiger partial charge on any atom is 0.248 e. The van der Waals surface area contributed by atoms with Crippen LogP contribution in [0.3, 0.4) is 0 Å². The van der Waals surface area contributed by atoms with E-state index < -0.39 is 217 Å². The summed E-state index contributed by atoms with van der Waals surface area (Å²) in [7, 11) is 1.15. The molecule has 0 bridgehead atoms. The number of aliphatic hydroxyl groups is 4. The summed E-state index contributed by atoms with van der Waals surface area (Å²) in [4.78, 5) is 199. The number of rotatable bonds is 20. The molecule has 0 aromatic carbocycles. The first-order valence-corrected chi connectivity index (χ1v) is 33.1. The van der Waals surface area contributed by atoms with Crippen LogP contribution in [0.15, 0.2) is 0 Å². The molecule has 3 unspecified atom stereocenters. The standard InChI is InChI=1S/C63H110N14O18/c1-16-18-19-21-37-28-43(81)71-44(31(7)8)57(89)74-47(50(82)32(9)10)59(91)66-34(12)53(85)69-39(26-29(3)4)54(86)68-38(23-24-42(64)80)62(94)76(15)49(33(11)17-2)61(93)75-48(51(83)52(65)84)60(92)73-46(36(14)79)63(95)77-25-20-22-41(77)56(88)70-40(27-30(5)6)55(87)72-45(35(13)78)58(90)67-37/h29-41,44-51,78-79,82-83H,16-28H2,1-15H3,(H2,64,80)(H2,65,84)(H,66,91)(H,67,90)(H,68,86)(H,69,85)(H,70,88)(H,71,81)(H,72,87)(H,73,92)(H,74,89)(H,75,93)/t33-,34-,35+,36-,37?,38-,39+,40+,41-,44-,45-,46+,47+,48+,49-,50?,51?/m0/s1. The Labute approximate surface area is 556 Å². The van der Waals surface area contributed by atoms with Gasteiger partial charge in [0.05, 0.1) is 18.3 Å². The van der Waals surface area contributed by atoms with Crippen LogP contribution >= 0.6 is 0 Å². The van der Waals surface area contributed by atoms with Crippen LogP contribution in [0.4, 0.5) is 0 Å². The third-order valence-corrected chi connectivity index (χ3v) is 16.9. The molecule has 2 fully saturated rings. The van der Waals surface area contributed by atoms with Crippen molar-refractivity contribution in [3.63, 3.8) is 0 Å². The summed E-state index contributed by atoms with van der Waals surface area (Å²) in [5.41, 5.74) is 11.0. The highest BCUT2D eigenvalue weighted by Gasteiger charge is 2.45. The second-order valence-electron chi connectivity index (χ2n) is 26.8. The highest BCUT2D eigenvalue weighted by molar-refractivity contribution is 6.01. The fourth-order valence-corrected chi connectivity index (χ4v) is 11.1. The summed E-state index contributed by atoms with van der Waals surface area (Å²) in [6, 6.07) is -19.0. The van der Waals surface area contributed by atoms with Crippen LogP contribution in [-0.2, 0) is 67.1 Å². The largest absolute Gasteiger partial charge is 0.391 e. The van der Waals surface area contributed by atoms with Gasteiger partial charge in [0, 0.05) is 32.5 Å². The van der Waals surface area contributed by atoms with E-state index in [0.717, 1.165) is 30.2 Å². The highest BCUT2D eigenvalue weighted by atomic mass is 16.3. The number of carbonyl (C=O) groups is 14. The van der Waals surface area contributed by atoms with Crippen molar-refractivity contribution in [2.75, 3.05) is 13.6 Å². The number of nitrogens with two attached hydrogens (primary N) is 2. The molecule has 0 spiro atoms. The van der Waals surface area contributed by atoms with Gasteiger partial charge in [0.25, 0.3) is 0 Å². The Morgan fingerprint density at radius 1 is 0.537 bits per heavy atom. The first kappa shape index (κ1) is 83.5. The molecule has 18 N–H and O–H groups in total. The van der Waals surface area contributed by atoms with Crippen LogP contribution in [0.2, 0.25) is 0 Å². The quantitative estimate of drug-likeness (QED) is 0.0523. The molecule has 540 valence electrons. The molecule has 2 saturated heterocycles. The summed E-state index contributed by atoms with van der Waals surface area (Å²) >= 11 is 0. The molecule has 0 aromatic rings. The number of primary amides is 2. The molecule has 32 nitrogen and oxygen atoms in total. The predicted molar refractivity (Wildman–Crippen MR) is 346 cm³/mol. The van der Waals surface area contributed by atoms with E-state index in [4.69, 9.17) is 11.5 Å². The fraction of sp³-hybridized carbons (Fsp3) is 0.778. The first-order valence-electron chi connectivity index (χ1n) is 33.1. The Balaban J connectivity index is 2.95. The number of nitrogens with one attached hydrogen (secondary N) is 10. The molecule has 2 heterocycles. The lowest BCUT2D eigenvalue weighted by atomic mass is 9.95. The van der Waals surface area contributed by atoms with E-state index in [0.29, 0.717) is 12.8 Å². The Hall–Kier alpha value is -7.58. The first-order chi connectivity index (χ1) is 44.2. The van der Waals surface area contributed by atoms with Crippen molar-refractivity contribution in [2.24, 2.45) is 41.1 Å². The van der Waals surface area contributed by atoms with E-state index >= 15 is 0 Å². The average Bonchev–Trinajstić information content (AvgIpc) is 1.81. The SMILES string of the molecule is CCCCCC1CC(=O)N[C@@H](C(C)C)C(=O)N[C@H](C(O)C(C)C)C(=O)N[C@@H](C)C(=O)N[C@H](CC(C)C)C(=O)N[C@@H](CCC(N)=O)C(=O)N(C)[C@@H]([C@@H](C)CC)C(=O)N[C@H](C(O)C(N)=O)C(=O)N[C@H]([C@H](C)O)C(=O)N2CCC[C@H]2C(=O)N[C@H](CC(C)C)C(=O)N[C@@H]([C@@H](C)O)C(=O)N1. The summed E-state index contributed by atoms with van der Waals surface area (Å²) < 4.78 is 0. The number of amides is 14. The zero-order chi connectivity index (χ0) is 72.6. The summed E-state index contributed by atoms with van der Waals surface area (Å²) in [5, 5.41) is 69.9. The van der Waals surface area contributed by atoms with Gasteiger partial charge >= 0.3 is 0 Å². The van der Waals surface area contributed by atoms with Crippen molar-refractivity contribution in [3.05, 3.63) is 0 Å². The summed E-state index contributed by atoms with van der Waals surface area (Å²) in [6.07, 6.45) is -6.48. The number of likely N-dealkylation sites (N-methyl/N-ethyl adjacent to an activating group) is 1. The number of nitrogens with zero attached hydrogens (tertiary/aromatic N) is 2. The molecular formula is C63H110N14O18.